The van der Waals surface area contributed by atoms with E-state index in [0.29, 0.717) is 28.1 Å². The van der Waals surface area contributed by atoms with E-state index in [4.69, 9.17) is 4.74 Å². The molecule has 6 nitrogen and oxygen atoms in total. The smallest absolute Gasteiger partial charge is 0.261 e. The van der Waals surface area contributed by atoms with Gasteiger partial charge in [0.25, 0.3) is 5.56 Å². The summed E-state index contributed by atoms with van der Waals surface area (Å²) in [5.41, 5.74) is 2.06. The summed E-state index contributed by atoms with van der Waals surface area (Å²) in [6, 6.07) is 22.1. The lowest BCUT2D eigenvalue weighted by Crippen LogP contribution is -2.24. The number of hydrogen-bond acceptors (Lipinski definition) is 4. The third-order valence-electron chi connectivity index (χ3n) is 4.77. The Hall–Kier alpha value is -3.93. The van der Waals surface area contributed by atoms with Crippen LogP contribution in [-0.2, 0) is 11.3 Å². The van der Waals surface area contributed by atoms with E-state index in [1.165, 1.54) is 10.9 Å². The number of rotatable bonds is 6. The second-order valence-electron chi connectivity index (χ2n) is 6.92. The number of nitrogens with one attached hydrogen (secondary N) is 1. The molecule has 3 aromatic carbocycles. The number of para-hydroxylation sites is 4. The molecular formula is C24H21N3O3. The molecule has 0 aliphatic rings. The molecule has 0 fully saturated rings. The molecule has 0 saturated carbocycles. The van der Waals surface area contributed by atoms with Gasteiger partial charge in [-0.1, -0.05) is 42.5 Å². The van der Waals surface area contributed by atoms with E-state index in [0.717, 1.165) is 5.56 Å². The number of aryl methyl sites for hydroxylation is 2. The fraction of sp³-hybridized carbons (Fsp3) is 0.125. The lowest BCUT2D eigenvalue weighted by atomic mass is 10.1. The zero-order valence-corrected chi connectivity index (χ0v) is 16.5. The first-order chi connectivity index (χ1) is 14.6. The first kappa shape index (κ1) is 19.4. The second kappa shape index (κ2) is 8.61. The zero-order chi connectivity index (χ0) is 20.9. The first-order valence-corrected chi connectivity index (χ1v) is 9.68. The molecule has 6 heteroatoms. The van der Waals surface area contributed by atoms with Gasteiger partial charge in [0.2, 0.25) is 5.91 Å². The highest BCUT2D eigenvalue weighted by molar-refractivity contribution is 5.92. The second-order valence-corrected chi connectivity index (χ2v) is 6.92. The third-order valence-corrected chi connectivity index (χ3v) is 4.77. The van der Waals surface area contributed by atoms with Gasteiger partial charge in [0, 0.05) is 13.0 Å². The molecule has 30 heavy (non-hydrogen) atoms. The minimum Gasteiger partial charge on any atom is -0.455 e. The maximum atomic E-state index is 12.7. The highest BCUT2D eigenvalue weighted by Gasteiger charge is 2.11. The Labute approximate surface area is 173 Å². The molecule has 1 heterocycles. The van der Waals surface area contributed by atoms with Crippen molar-refractivity contribution in [2.75, 3.05) is 5.32 Å². The van der Waals surface area contributed by atoms with Crippen LogP contribution in [0.1, 0.15) is 12.0 Å². The minimum absolute atomic E-state index is 0.137. The summed E-state index contributed by atoms with van der Waals surface area (Å²) in [5, 5.41) is 3.42. The van der Waals surface area contributed by atoms with Gasteiger partial charge >= 0.3 is 0 Å². The minimum atomic E-state index is -0.213. The van der Waals surface area contributed by atoms with Gasteiger partial charge in [-0.05, 0) is 42.8 Å². The average molecular weight is 399 g/mol. The first-order valence-electron chi connectivity index (χ1n) is 9.68. The summed E-state index contributed by atoms with van der Waals surface area (Å²) in [6.07, 6.45) is 1.63. The van der Waals surface area contributed by atoms with Crippen molar-refractivity contribution in [3.05, 3.63) is 95.0 Å². The standard InChI is InChI=1S/C24H21N3O3/c1-17-8-7-11-19-23(17)25-16-27(24(19)29)15-14-22(28)26-20-12-5-6-13-21(20)30-18-9-3-2-4-10-18/h2-13,16H,14-15H2,1H3,(H,26,28). The Morgan fingerprint density at radius 3 is 2.60 bits per heavy atom. The number of carbonyl (C=O) groups excluding carboxylic acids is 1. The molecule has 1 N–H and O–H groups in total. The average Bonchev–Trinajstić information content (AvgIpc) is 2.76. The van der Waals surface area contributed by atoms with Crippen molar-refractivity contribution < 1.29 is 9.53 Å². The highest BCUT2D eigenvalue weighted by Crippen LogP contribution is 2.29. The Morgan fingerprint density at radius 2 is 1.77 bits per heavy atom. The Morgan fingerprint density at radius 1 is 1.00 bits per heavy atom. The number of carbonyl (C=O) groups is 1. The molecule has 0 bridgehead atoms. The lowest BCUT2D eigenvalue weighted by molar-refractivity contribution is -0.116. The Kier molecular flexibility index (Phi) is 5.57. The molecular weight excluding hydrogens is 378 g/mol. The van der Waals surface area contributed by atoms with Gasteiger partial charge in [0.05, 0.1) is 22.9 Å². The number of ether oxygens (including phenoxy) is 1. The molecule has 150 valence electrons. The number of amides is 1. The highest BCUT2D eigenvalue weighted by atomic mass is 16.5. The fourth-order valence-electron chi connectivity index (χ4n) is 3.21. The summed E-state index contributed by atoms with van der Waals surface area (Å²) in [5.74, 6) is 1.02. The molecule has 0 aliphatic heterocycles. The fourth-order valence-corrected chi connectivity index (χ4v) is 3.21. The van der Waals surface area contributed by atoms with E-state index in [9.17, 15) is 9.59 Å². The molecule has 0 radical (unpaired) electrons. The van der Waals surface area contributed by atoms with Crippen LogP contribution in [-0.4, -0.2) is 15.5 Å². The molecule has 0 spiro atoms. The van der Waals surface area contributed by atoms with Crippen LogP contribution in [0.5, 0.6) is 11.5 Å². The predicted molar refractivity (Wildman–Crippen MR) is 117 cm³/mol. The maximum Gasteiger partial charge on any atom is 0.261 e. The van der Waals surface area contributed by atoms with Crippen LogP contribution in [0.15, 0.2) is 83.9 Å². The van der Waals surface area contributed by atoms with Gasteiger partial charge in [-0.2, -0.15) is 0 Å². The number of nitrogens with zero attached hydrogens (tertiary/aromatic N) is 2. The molecule has 0 atom stereocenters. The van der Waals surface area contributed by atoms with Gasteiger partial charge in [0.1, 0.15) is 5.75 Å². The number of anilines is 1. The normalized spacial score (nSPS) is 10.7. The van der Waals surface area contributed by atoms with Gasteiger partial charge < -0.3 is 10.1 Å². The van der Waals surface area contributed by atoms with Gasteiger partial charge in [-0.25, -0.2) is 4.98 Å². The van der Waals surface area contributed by atoms with Crippen molar-refractivity contribution in [2.45, 2.75) is 19.9 Å². The predicted octanol–water partition coefficient (Wildman–Crippen LogP) is 4.53. The Bertz CT molecular complexity index is 1250. The van der Waals surface area contributed by atoms with E-state index in [2.05, 4.69) is 10.3 Å². The van der Waals surface area contributed by atoms with Crippen LogP contribution in [0.2, 0.25) is 0 Å². The maximum absolute atomic E-state index is 12.7. The summed E-state index contributed by atoms with van der Waals surface area (Å²) >= 11 is 0. The zero-order valence-electron chi connectivity index (χ0n) is 16.5. The Balaban J connectivity index is 1.46. The quantitative estimate of drug-likeness (QED) is 0.517. The van der Waals surface area contributed by atoms with Gasteiger partial charge in [-0.15, -0.1) is 0 Å². The van der Waals surface area contributed by atoms with E-state index >= 15 is 0 Å². The van der Waals surface area contributed by atoms with Crippen molar-refractivity contribution in [2.24, 2.45) is 0 Å². The lowest BCUT2D eigenvalue weighted by Gasteiger charge is -2.12. The van der Waals surface area contributed by atoms with Crippen LogP contribution in [0.25, 0.3) is 10.9 Å². The molecule has 0 aliphatic carbocycles. The number of benzene rings is 3. The van der Waals surface area contributed by atoms with Crippen molar-refractivity contribution in [1.82, 2.24) is 9.55 Å². The molecule has 0 saturated heterocycles. The van der Waals surface area contributed by atoms with E-state index in [1.54, 1.807) is 18.2 Å². The van der Waals surface area contributed by atoms with E-state index in [-0.39, 0.29) is 24.4 Å². The SMILES string of the molecule is Cc1cccc2c(=O)n(CCC(=O)Nc3ccccc3Oc3ccccc3)cnc12. The van der Waals surface area contributed by atoms with E-state index < -0.39 is 0 Å². The van der Waals surface area contributed by atoms with Gasteiger partial charge in [-0.3, -0.25) is 14.2 Å². The summed E-state index contributed by atoms with van der Waals surface area (Å²) < 4.78 is 7.34. The number of hydrogen-bond donors (Lipinski definition) is 1. The molecule has 4 rings (SSSR count). The topological polar surface area (TPSA) is 73.2 Å². The van der Waals surface area contributed by atoms with Crippen molar-refractivity contribution in [1.29, 1.82) is 0 Å². The van der Waals surface area contributed by atoms with Crippen LogP contribution < -0.4 is 15.6 Å². The third kappa shape index (κ3) is 4.22. The largest absolute Gasteiger partial charge is 0.455 e. The number of fused-ring (bicyclic) bond motifs is 1. The van der Waals surface area contributed by atoms with Crippen molar-refractivity contribution in [3.63, 3.8) is 0 Å². The van der Waals surface area contributed by atoms with Gasteiger partial charge in [0.15, 0.2) is 5.75 Å². The summed E-state index contributed by atoms with van der Waals surface area (Å²) in [6.45, 7) is 2.16. The molecule has 4 aromatic rings. The van der Waals surface area contributed by atoms with Crippen molar-refractivity contribution >= 4 is 22.5 Å². The summed E-state index contributed by atoms with van der Waals surface area (Å²) in [4.78, 5) is 29.6. The monoisotopic (exact) mass is 399 g/mol. The number of aromatic nitrogens is 2. The van der Waals surface area contributed by atoms with Crippen LogP contribution in [0, 0.1) is 6.92 Å². The molecule has 1 amide bonds. The van der Waals surface area contributed by atoms with E-state index in [1.807, 2.05) is 61.5 Å². The van der Waals surface area contributed by atoms with Crippen LogP contribution >= 0.6 is 0 Å². The summed E-state index contributed by atoms with van der Waals surface area (Å²) in [7, 11) is 0. The molecule has 0 unspecified atom stereocenters. The van der Waals surface area contributed by atoms with Crippen LogP contribution in [0.3, 0.4) is 0 Å². The molecule has 1 aromatic heterocycles. The van der Waals surface area contributed by atoms with Crippen LogP contribution in [0.4, 0.5) is 5.69 Å². The van der Waals surface area contributed by atoms with Crippen molar-refractivity contribution in [3.8, 4) is 11.5 Å².